The Morgan fingerprint density at radius 1 is 1.27 bits per heavy atom. The molecule has 0 aromatic carbocycles. The average Bonchev–Trinajstić information content (AvgIpc) is 2.33. The molecule has 0 aromatic heterocycles. The van der Waals surface area contributed by atoms with E-state index in [2.05, 4.69) is 19.0 Å². The first-order valence-corrected chi connectivity index (χ1v) is 4.49. The van der Waals surface area contributed by atoms with E-state index in [1.54, 1.807) is 0 Å². The Labute approximate surface area is 69.2 Å². The van der Waals surface area contributed by atoms with Crippen LogP contribution in [-0.2, 0) is 0 Å². The summed E-state index contributed by atoms with van der Waals surface area (Å²) in [6.07, 6.45) is 5.40. The van der Waals surface area contributed by atoms with E-state index in [1.165, 1.54) is 12.8 Å². The van der Waals surface area contributed by atoms with E-state index in [4.69, 9.17) is 0 Å². The van der Waals surface area contributed by atoms with Gasteiger partial charge in [-0.2, -0.15) is 0 Å². The maximum Gasteiger partial charge on any atom is 0.0660 e. The number of hydrogen-bond donors (Lipinski definition) is 1. The molecule has 1 N–H and O–H groups in total. The largest absolute Gasteiger partial charge is 0.390 e. The highest BCUT2D eigenvalue weighted by Crippen LogP contribution is 2.32. The van der Waals surface area contributed by atoms with Gasteiger partial charge >= 0.3 is 0 Å². The first kappa shape index (κ1) is 9.01. The third-order valence-electron chi connectivity index (χ3n) is 2.56. The summed E-state index contributed by atoms with van der Waals surface area (Å²) in [5, 5.41) is 9.91. The molecular weight excluding hydrogens is 138 g/mol. The molecule has 0 heterocycles. The van der Waals surface area contributed by atoms with Gasteiger partial charge < -0.3 is 10.0 Å². The highest BCUT2D eigenvalue weighted by molar-refractivity contribution is 4.84. The molecule has 2 heteroatoms. The highest BCUT2D eigenvalue weighted by atomic mass is 16.3. The maximum atomic E-state index is 9.91. The van der Waals surface area contributed by atoms with Crippen molar-refractivity contribution < 1.29 is 5.11 Å². The highest BCUT2D eigenvalue weighted by Gasteiger charge is 2.30. The van der Waals surface area contributed by atoms with Gasteiger partial charge in [-0.05, 0) is 33.4 Å². The lowest BCUT2D eigenvalue weighted by atomic mass is 9.98. The molecule has 1 aliphatic rings. The zero-order valence-corrected chi connectivity index (χ0v) is 7.64. The monoisotopic (exact) mass is 157 g/mol. The Kier molecular flexibility index (Phi) is 2.90. The summed E-state index contributed by atoms with van der Waals surface area (Å²) < 4.78 is 0. The van der Waals surface area contributed by atoms with Crippen molar-refractivity contribution in [1.29, 1.82) is 0 Å². The van der Waals surface area contributed by atoms with Crippen LogP contribution in [0.5, 0.6) is 0 Å². The van der Waals surface area contributed by atoms with Crippen LogP contribution in [-0.4, -0.2) is 36.2 Å². The lowest BCUT2D eigenvalue weighted by Gasteiger charge is -2.23. The van der Waals surface area contributed by atoms with Crippen LogP contribution in [0.2, 0.25) is 0 Å². The molecule has 0 radical (unpaired) electrons. The molecule has 0 amide bonds. The number of aliphatic hydroxyl groups is 1. The first-order chi connectivity index (χ1) is 5.12. The fourth-order valence-corrected chi connectivity index (χ4v) is 1.71. The molecule has 1 fully saturated rings. The molecule has 0 atom stereocenters. The summed E-state index contributed by atoms with van der Waals surface area (Å²) in [6, 6.07) is 0. The Morgan fingerprint density at radius 3 is 2.27 bits per heavy atom. The van der Waals surface area contributed by atoms with Crippen molar-refractivity contribution in [1.82, 2.24) is 4.90 Å². The first-order valence-electron chi connectivity index (χ1n) is 4.49. The van der Waals surface area contributed by atoms with Crippen LogP contribution in [0.25, 0.3) is 0 Å². The minimum atomic E-state index is -0.315. The molecule has 0 unspecified atom stereocenters. The van der Waals surface area contributed by atoms with Gasteiger partial charge in [0.25, 0.3) is 0 Å². The fraction of sp³-hybridized carbons (Fsp3) is 1.00. The molecular formula is C9H19NO. The predicted molar refractivity (Wildman–Crippen MR) is 46.6 cm³/mol. The fourth-order valence-electron chi connectivity index (χ4n) is 1.71. The average molecular weight is 157 g/mol. The Hall–Kier alpha value is -0.0800. The van der Waals surface area contributed by atoms with Gasteiger partial charge in [-0.15, -0.1) is 0 Å². The molecule has 2 nitrogen and oxygen atoms in total. The summed E-state index contributed by atoms with van der Waals surface area (Å²) >= 11 is 0. The van der Waals surface area contributed by atoms with Crippen LogP contribution >= 0.6 is 0 Å². The molecule has 1 aliphatic carbocycles. The van der Waals surface area contributed by atoms with Gasteiger partial charge in [0.2, 0.25) is 0 Å². The van der Waals surface area contributed by atoms with Gasteiger partial charge in [-0.3, -0.25) is 0 Å². The van der Waals surface area contributed by atoms with Crippen molar-refractivity contribution in [3.8, 4) is 0 Å². The van der Waals surface area contributed by atoms with Crippen LogP contribution < -0.4 is 0 Å². The van der Waals surface area contributed by atoms with Gasteiger partial charge in [0, 0.05) is 6.54 Å². The van der Waals surface area contributed by atoms with Gasteiger partial charge in [0.05, 0.1) is 5.60 Å². The predicted octanol–water partition coefficient (Wildman–Crippen LogP) is 1.24. The molecule has 0 spiro atoms. The summed E-state index contributed by atoms with van der Waals surface area (Å²) in [4.78, 5) is 2.14. The third-order valence-corrected chi connectivity index (χ3v) is 2.56. The van der Waals surface area contributed by atoms with Crippen LogP contribution in [0.4, 0.5) is 0 Å². The molecule has 0 aromatic rings. The van der Waals surface area contributed by atoms with Crippen molar-refractivity contribution in [3.05, 3.63) is 0 Å². The van der Waals surface area contributed by atoms with E-state index < -0.39 is 0 Å². The molecule has 0 saturated heterocycles. The third kappa shape index (κ3) is 2.80. The van der Waals surface area contributed by atoms with Crippen LogP contribution in [0.1, 0.15) is 32.1 Å². The van der Waals surface area contributed by atoms with E-state index in [-0.39, 0.29) is 5.60 Å². The molecule has 1 saturated carbocycles. The van der Waals surface area contributed by atoms with E-state index in [0.29, 0.717) is 0 Å². The maximum absolute atomic E-state index is 9.91. The lowest BCUT2D eigenvalue weighted by molar-refractivity contribution is 0.0323. The van der Waals surface area contributed by atoms with E-state index >= 15 is 0 Å². The van der Waals surface area contributed by atoms with Crippen LogP contribution in [0.3, 0.4) is 0 Å². The van der Waals surface area contributed by atoms with Crippen LogP contribution in [0, 0.1) is 0 Å². The molecule has 11 heavy (non-hydrogen) atoms. The van der Waals surface area contributed by atoms with Gasteiger partial charge in [0.15, 0.2) is 0 Å². The van der Waals surface area contributed by atoms with Crippen molar-refractivity contribution in [2.75, 3.05) is 20.6 Å². The van der Waals surface area contributed by atoms with E-state index in [0.717, 1.165) is 25.8 Å². The Morgan fingerprint density at radius 2 is 1.82 bits per heavy atom. The normalized spacial score (nSPS) is 22.9. The van der Waals surface area contributed by atoms with E-state index in [1.807, 2.05) is 0 Å². The Bertz CT molecular complexity index is 117. The zero-order valence-electron chi connectivity index (χ0n) is 7.64. The SMILES string of the molecule is CN(C)CCC1(O)CCCC1. The van der Waals surface area contributed by atoms with Crippen molar-refractivity contribution >= 4 is 0 Å². The quantitative estimate of drug-likeness (QED) is 0.666. The topological polar surface area (TPSA) is 23.5 Å². The minimum absolute atomic E-state index is 0.315. The standard InChI is InChI=1S/C9H19NO/c1-10(2)8-7-9(11)5-3-4-6-9/h11H,3-8H2,1-2H3. The van der Waals surface area contributed by atoms with Crippen LogP contribution in [0.15, 0.2) is 0 Å². The molecule has 66 valence electrons. The Balaban J connectivity index is 2.23. The molecule has 1 rings (SSSR count). The van der Waals surface area contributed by atoms with E-state index in [9.17, 15) is 5.11 Å². The second-order valence-electron chi connectivity index (χ2n) is 3.98. The second kappa shape index (κ2) is 3.55. The zero-order chi connectivity index (χ0) is 8.32. The van der Waals surface area contributed by atoms with Crippen molar-refractivity contribution in [2.45, 2.75) is 37.7 Å². The van der Waals surface area contributed by atoms with Gasteiger partial charge in [0.1, 0.15) is 0 Å². The second-order valence-corrected chi connectivity index (χ2v) is 3.98. The molecule has 0 aliphatic heterocycles. The number of nitrogens with zero attached hydrogens (tertiary/aromatic N) is 1. The molecule has 0 bridgehead atoms. The number of hydrogen-bond acceptors (Lipinski definition) is 2. The summed E-state index contributed by atoms with van der Waals surface area (Å²) in [5.41, 5.74) is -0.315. The van der Waals surface area contributed by atoms with Gasteiger partial charge in [-0.25, -0.2) is 0 Å². The summed E-state index contributed by atoms with van der Waals surface area (Å²) in [6.45, 7) is 1.01. The van der Waals surface area contributed by atoms with Crippen molar-refractivity contribution in [2.24, 2.45) is 0 Å². The summed E-state index contributed by atoms with van der Waals surface area (Å²) in [7, 11) is 4.11. The lowest BCUT2D eigenvalue weighted by Crippen LogP contribution is -2.29. The minimum Gasteiger partial charge on any atom is -0.390 e. The number of rotatable bonds is 3. The van der Waals surface area contributed by atoms with Gasteiger partial charge in [-0.1, -0.05) is 12.8 Å². The smallest absolute Gasteiger partial charge is 0.0660 e. The summed E-state index contributed by atoms with van der Waals surface area (Å²) in [5.74, 6) is 0. The van der Waals surface area contributed by atoms with Crippen molar-refractivity contribution in [3.63, 3.8) is 0 Å².